The Kier molecular flexibility index (Phi) is 4.41. The molecule has 1 N–H and O–H groups in total. The standard InChI is InChI=1S/C18H13F3N6/c19-12-5-3-4-11(10-12)16(13-6-1-2-9-22-13)23-14-7-8-15-24-25-18(17(20)21)27(15)26-14/h1-10,16-17H,(H,23,26). The second-order valence-electron chi connectivity index (χ2n) is 5.73. The van der Waals surface area contributed by atoms with E-state index in [0.717, 1.165) is 4.52 Å². The Morgan fingerprint density at radius 2 is 1.85 bits per heavy atom. The first-order chi connectivity index (χ1) is 13.1. The van der Waals surface area contributed by atoms with Gasteiger partial charge in [0.15, 0.2) is 5.65 Å². The van der Waals surface area contributed by atoms with E-state index in [4.69, 9.17) is 0 Å². The van der Waals surface area contributed by atoms with Crippen molar-refractivity contribution < 1.29 is 13.2 Å². The third-order valence-corrected chi connectivity index (χ3v) is 3.94. The van der Waals surface area contributed by atoms with Gasteiger partial charge in [0.1, 0.15) is 11.6 Å². The summed E-state index contributed by atoms with van der Waals surface area (Å²) in [5.41, 5.74) is 1.45. The van der Waals surface area contributed by atoms with Crippen LogP contribution in [0.1, 0.15) is 29.5 Å². The van der Waals surface area contributed by atoms with Crippen LogP contribution in [0, 0.1) is 5.82 Å². The van der Waals surface area contributed by atoms with Gasteiger partial charge in [0.25, 0.3) is 6.43 Å². The molecule has 136 valence electrons. The van der Waals surface area contributed by atoms with Crippen molar-refractivity contribution in [1.82, 2.24) is 24.8 Å². The highest BCUT2D eigenvalue weighted by atomic mass is 19.3. The van der Waals surface area contributed by atoms with Gasteiger partial charge < -0.3 is 5.32 Å². The van der Waals surface area contributed by atoms with Gasteiger partial charge in [0.2, 0.25) is 5.82 Å². The number of halogens is 3. The van der Waals surface area contributed by atoms with Crippen LogP contribution >= 0.6 is 0 Å². The highest BCUT2D eigenvalue weighted by molar-refractivity contribution is 5.47. The molecule has 6 nitrogen and oxygen atoms in total. The Labute approximate surface area is 151 Å². The van der Waals surface area contributed by atoms with Gasteiger partial charge in [0.05, 0.1) is 11.7 Å². The Hall–Kier alpha value is -3.49. The molecule has 4 aromatic rings. The summed E-state index contributed by atoms with van der Waals surface area (Å²) < 4.78 is 40.8. The number of fused-ring (bicyclic) bond motifs is 1. The topological polar surface area (TPSA) is 68.0 Å². The average molecular weight is 370 g/mol. The minimum absolute atomic E-state index is 0.205. The molecule has 0 saturated carbocycles. The molecular weight excluding hydrogens is 357 g/mol. The average Bonchev–Trinajstić information content (AvgIpc) is 3.10. The smallest absolute Gasteiger partial charge is 0.299 e. The summed E-state index contributed by atoms with van der Waals surface area (Å²) in [6.45, 7) is 0. The lowest BCUT2D eigenvalue weighted by Gasteiger charge is -2.19. The number of hydrogen-bond acceptors (Lipinski definition) is 5. The predicted molar refractivity (Wildman–Crippen MR) is 91.8 cm³/mol. The largest absolute Gasteiger partial charge is 0.356 e. The minimum Gasteiger partial charge on any atom is -0.356 e. The molecule has 27 heavy (non-hydrogen) atoms. The minimum atomic E-state index is -2.81. The fraction of sp³-hybridized carbons (Fsp3) is 0.111. The van der Waals surface area contributed by atoms with E-state index < -0.39 is 24.1 Å². The highest BCUT2D eigenvalue weighted by Crippen LogP contribution is 2.26. The molecular formula is C18H13F3N6. The van der Waals surface area contributed by atoms with Crippen LogP contribution in [-0.2, 0) is 0 Å². The zero-order chi connectivity index (χ0) is 18.8. The third-order valence-electron chi connectivity index (χ3n) is 3.94. The second-order valence-corrected chi connectivity index (χ2v) is 5.73. The van der Waals surface area contributed by atoms with Crippen LogP contribution < -0.4 is 5.32 Å². The summed E-state index contributed by atoms with van der Waals surface area (Å²) in [6.07, 6.45) is -1.19. The molecule has 0 saturated heterocycles. The van der Waals surface area contributed by atoms with Gasteiger partial charge in [-0.1, -0.05) is 18.2 Å². The monoisotopic (exact) mass is 370 g/mol. The Bertz CT molecular complexity index is 1070. The lowest BCUT2D eigenvalue weighted by atomic mass is 10.0. The first-order valence-corrected chi connectivity index (χ1v) is 8.05. The fourth-order valence-electron chi connectivity index (χ4n) is 2.73. The van der Waals surface area contributed by atoms with Crippen LogP contribution in [0.2, 0.25) is 0 Å². The van der Waals surface area contributed by atoms with E-state index in [2.05, 4.69) is 25.6 Å². The van der Waals surface area contributed by atoms with Crippen molar-refractivity contribution in [2.45, 2.75) is 12.5 Å². The van der Waals surface area contributed by atoms with Crippen LogP contribution in [0.15, 0.2) is 60.8 Å². The number of alkyl halides is 2. The molecule has 9 heteroatoms. The Morgan fingerprint density at radius 3 is 2.59 bits per heavy atom. The summed E-state index contributed by atoms with van der Waals surface area (Å²) in [6, 6.07) is 14.0. The van der Waals surface area contributed by atoms with E-state index in [1.165, 1.54) is 18.2 Å². The fourth-order valence-corrected chi connectivity index (χ4v) is 2.73. The van der Waals surface area contributed by atoms with Crippen molar-refractivity contribution in [3.8, 4) is 0 Å². The number of rotatable bonds is 5. The summed E-state index contributed by atoms with van der Waals surface area (Å²) in [7, 11) is 0. The van der Waals surface area contributed by atoms with Crippen molar-refractivity contribution in [3.63, 3.8) is 0 Å². The second kappa shape index (κ2) is 7.02. The quantitative estimate of drug-likeness (QED) is 0.579. The molecule has 0 fully saturated rings. The van der Waals surface area contributed by atoms with E-state index in [9.17, 15) is 13.2 Å². The molecule has 0 spiro atoms. The number of aromatic nitrogens is 5. The molecule has 0 radical (unpaired) electrons. The number of nitrogens with one attached hydrogen (secondary N) is 1. The van der Waals surface area contributed by atoms with Crippen LogP contribution in [0.3, 0.4) is 0 Å². The summed E-state index contributed by atoms with van der Waals surface area (Å²) in [5.74, 6) is -0.643. The van der Waals surface area contributed by atoms with Crippen molar-refractivity contribution in [1.29, 1.82) is 0 Å². The number of hydrogen-bond donors (Lipinski definition) is 1. The van der Waals surface area contributed by atoms with Gasteiger partial charge in [0, 0.05) is 6.20 Å². The van der Waals surface area contributed by atoms with Crippen molar-refractivity contribution >= 4 is 11.5 Å². The third kappa shape index (κ3) is 3.43. The van der Waals surface area contributed by atoms with Gasteiger partial charge >= 0.3 is 0 Å². The van der Waals surface area contributed by atoms with Crippen LogP contribution in [-0.4, -0.2) is 24.8 Å². The van der Waals surface area contributed by atoms with Crippen molar-refractivity contribution in [2.24, 2.45) is 0 Å². The van der Waals surface area contributed by atoms with Crippen LogP contribution in [0.25, 0.3) is 5.65 Å². The summed E-state index contributed by atoms with van der Waals surface area (Å²) in [4.78, 5) is 4.32. The predicted octanol–water partition coefficient (Wildman–Crippen LogP) is 3.80. The maximum absolute atomic E-state index is 13.7. The number of pyridine rings is 1. The molecule has 0 aliphatic heterocycles. The molecule has 1 aromatic carbocycles. The van der Waals surface area contributed by atoms with E-state index in [1.807, 2.05) is 6.07 Å². The molecule has 0 amide bonds. The molecule has 0 aliphatic rings. The number of nitrogens with zero attached hydrogens (tertiary/aromatic N) is 5. The van der Waals surface area contributed by atoms with Gasteiger partial charge in [-0.15, -0.1) is 15.3 Å². The lowest BCUT2D eigenvalue weighted by molar-refractivity contribution is 0.137. The van der Waals surface area contributed by atoms with Gasteiger partial charge in [-0.2, -0.15) is 4.52 Å². The first kappa shape index (κ1) is 17.0. The zero-order valence-electron chi connectivity index (χ0n) is 13.8. The molecule has 0 bridgehead atoms. The van der Waals surface area contributed by atoms with Gasteiger partial charge in [-0.05, 0) is 42.0 Å². The van der Waals surface area contributed by atoms with Crippen LogP contribution in [0.5, 0.6) is 0 Å². The van der Waals surface area contributed by atoms with E-state index in [1.54, 1.807) is 36.5 Å². The van der Waals surface area contributed by atoms with E-state index in [-0.39, 0.29) is 5.65 Å². The van der Waals surface area contributed by atoms with Gasteiger partial charge in [-0.3, -0.25) is 4.98 Å². The summed E-state index contributed by atoms with van der Waals surface area (Å²) in [5, 5.41) is 14.4. The van der Waals surface area contributed by atoms with E-state index in [0.29, 0.717) is 17.1 Å². The number of anilines is 1. The zero-order valence-corrected chi connectivity index (χ0v) is 13.8. The molecule has 3 aromatic heterocycles. The first-order valence-electron chi connectivity index (χ1n) is 8.05. The summed E-state index contributed by atoms with van der Waals surface area (Å²) >= 11 is 0. The molecule has 1 unspecified atom stereocenters. The number of benzene rings is 1. The molecule has 3 heterocycles. The molecule has 1 atom stereocenters. The SMILES string of the molecule is Fc1cccc(C(Nc2ccc3nnc(C(F)F)n3n2)c2ccccn2)c1. The van der Waals surface area contributed by atoms with Gasteiger partial charge in [-0.25, -0.2) is 13.2 Å². The Balaban J connectivity index is 1.75. The van der Waals surface area contributed by atoms with Crippen LogP contribution in [0.4, 0.5) is 19.0 Å². The normalized spacial score (nSPS) is 12.4. The maximum Gasteiger partial charge on any atom is 0.299 e. The highest BCUT2D eigenvalue weighted by Gasteiger charge is 2.20. The molecule has 0 aliphatic carbocycles. The maximum atomic E-state index is 13.7. The van der Waals surface area contributed by atoms with Crippen molar-refractivity contribution in [3.05, 3.63) is 83.7 Å². The van der Waals surface area contributed by atoms with E-state index >= 15 is 0 Å². The van der Waals surface area contributed by atoms with Crippen molar-refractivity contribution in [2.75, 3.05) is 5.32 Å². The Morgan fingerprint density at radius 1 is 0.963 bits per heavy atom. The molecule has 4 rings (SSSR count). The lowest BCUT2D eigenvalue weighted by Crippen LogP contribution is -2.16.